The van der Waals surface area contributed by atoms with Crippen LogP contribution in [-0.2, 0) is 0 Å². The van der Waals surface area contributed by atoms with E-state index in [9.17, 15) is 15.3 Å². The Balaban J connectivity index is 1.53. The Labute approximate surface area is 184 Å². The third-order valence-corrected chi connectivity index (χ3v) is 7.74. The van der Waals surface area contributed by atoms with Crippen molar-refractivity contribution in [3.8, 4) is 0 Å². The highest BCUT2D eigenvalue weighted by molar-refractivity contribution is 5.23. The predicted octanol–water partition coefficient (Wildman–Crippen LogP) is 5.85. The van der Waals surface area contributed by atoms with Crippen LogP contribution >= 0.6 is 0 Å². The summed E-state index contributed by atoms with van der Waals surface area (Å²) in [6.45, 7) is 6.14. The van der Waals surface area contributed by atoms with E-state index in [0.717, 1.165) is 18.8 Å². The smallest absolute Gasteiger partial charge is 0.0626 e. The Morgan fingerprint density at radius 1 is 1.07 bits per heavy atom. The van der Waals surface area contributed by atoms with Crippen LogP contribution in [0.1, 0.15) is 97.8 Å². The lowest BCUT2D eigenvalue weighted by molar-refractivity contribution is 0.0609. The molecular formula is C27H44O3. The second-order valence-corrected chi connectivity index (χ2v) is 11.3. The molecule has 0 bridgehead atoms. The SMILES string of the molecule is CC(C/C=C/CC(C)(C)O)[C@@H]1CC[C@@]2(CCC/C(=C\C=C3C[C@@H](O)C[C@@H](O)C3)C2)C1. The van der Waals surface area contributed by atoms with Crippen molar-refractivity contribution in [1.29, 1.82) is 0 Å². The fraction of sp³-hybridized carbons (Fsp3) is 0.778. The molecule has 0 aromatic carbocycles. The van der Waals surface area contributed by atoms with Crippen molar-refractivity contribution in [2.45, 2.75) is 116 Å². The average Bonchev–Trinajstić information content (AvgIpc) is 3.05. The van der Waals surface area contributed by atoms with E-state index in [1.807, 2.05) is 13.8 Å². The maximum atomic E-state index is 9.91. The van der Waals surface area contributed by atoms with Gasteiger partial charge in [0.15, 0.2) is 0 Å². The summed E-state index contributed by atoms with van der Waals surface area (Å²) >= 11 is 0. The first kappa shape index (κ1) is 23.8. The van der Waals surface area contributed by atoms with Crippen molar-refractivity contribution < 1.29 is 15.3 Å². The summed E-state index contributed by atoms with van der Waals surface area (Å²) in [5.74, 6) is 1.53. The van der Waals surface area contributed by atoms with Crippen molar-refractivity contribution >= 4 is 0 Å². The summed E-state index contributed by atoms with van der Waals surface area (Å²) in [7, 11) is 0. The molecule has 3 aliphatic carbocycles. The second-order valence-electron chi connectivity index (χ2n) is 11.3. The van der Waals surface area contributed by atoms with Crippen molar-refractivity contribution in [1.82, 2.24) is 0 Å². The number of aliphatic hydroxyl groups excluding tert-OH is 2. The van der Waals surface area contributed by atoms with Gasteiger partial charge in [0.25, 0.3) is 0 Å². The van der Waals surface area contributed by atoms with Crippen LogP contribution in [0.2, 0.25) is 0 Å². The molecule has 3 N–H and O–H groups in total. The van der Waals surface area contributed by atoms with E-state index in [-0.39, 0.29) is 12.2 Å². The normalized spacial score (nSPS) is 36.9. The molecule has 1 spiro atoms. The quantitative estimate of drug-likeness (QED) is 0.476. The number of hydrogen-bond acceptors (Lipinski definition) is 3. The molecule has 3 nitrogen and oxygen atoms in total. The Morgan fingerprint density at radius 2 is 1.77 bits per heavy atom. The molecule has 3 heteroatoms. The average molecular weight is 417 g/mol. The molecule has 170 valence electrons. The summed E-state index contributed by atoms with van der Waals surface area (Å²) in [4.78, 5) is 0. The third kappa shape index (κ3) is 7.07. The minimum Gasteiger partial charge on any atom is -0.393 e. The van der Waals surface area contributed by atoms with Gasteiger partial charge in [-0.05, 0) is 108 Å². The van der Waals surface area contributed by atoms with Gasteiger partial charge in [-0.15, -0.1) is 0 Å². The largest absolute Gasteiger partial charge is 0.393 e. The van der Waals surface area contributed by atoms with Gasteiger partial charge in [0.05, 0.1) is 17.8 Å². The standard InChI is InChI=1S/C27H44O3/c1-20(7-4-5-12-26(2,3)30)23-11-14-27(19-23)13-6-8-21(18-27)9-10-22-15-24(28)17-25(29)16-22/h4-5,9-10,20,23-25,28-30H,6-8,11-19H2,1-3H3/b5-4+,21-9+,22-10?/t20?,23-,24-,25+,27-/m1/s1. The van der Waals surface area contributed by atoms with Crippen LogP contribution < -0.4 is 0 Å². The van der Waals surface area contributed by atoms with E-state index in [2.05, 4.69) is 31.2 Å². The second kappa shape index (κ2) is 10.1. The zero-order chi connectivity index (χ0) is 21.8. The molecule has 5 atom stereocenters. The number of allylic oxidation sites excluding steroid dienone is 4. The molecule has 3 aliphatic rings. The molecule has 0 radical (unpaired) electrons. The molecule has 3 saturated carbocycles. The van der Waals surface area contributed by atoms with Gasteiger partial charge >= 0.3 is 0 Å². The van der Waals surface area contributed by atoms with Crippen LogP contribution in [0.15, 0.2) is 35.5 Å². The minimum atomic E-state index is -0.606. The van der Waals surface area contributed by atoms with Crippen LogP contribution in [0.3, 0.4) is 0 Å². The van der Waals surface area contributed by atoms with Crippen LogP contribution in [0.5, 0.6) is 0 Å². The summed E-state index contributed by atoms with van der Waals surface area (Å²) < 4.78 is 0. The molecule has 0 heterocycles. The van der Waals surface area contributed by atoms with Gasteiger partial charge in [-0.3, -0.25) is 0 Å². The van der Waals surface area contributed by atoms with E-state index in [4.69, 9.17) is 0 Å². The third-order valence-electron chi connectivity index (χ3n) is 7.74. The Hall–Kier alpha value is -0.900. The van der Waals surface area contributed by atoms with Crippen molar-refractivity contribution in [3.63, 3.8) is 0 Å². The molecule has 3 fully saturated rings. The fourth-order valence-electron chi connectivity index (χ4n) is 6.03. The van der Waals surface area contributed by atoms with Gasteiger partial charge in [-0.1, -0.05) is 42.4 Å². The lowest BCUT2D eigenvalue weighted by Crippen LogP contribution is -2.25. The number of rotatable bonds is 6. The molecule has 0 saturated heterocycles. The lowest BCUT2D eigenvalue weighted by Gasteiger charge is -2.36. The fourth-order valence-corrected chi connectivity index (χ4v) is 6.03. The molecule has 30 heavy (non-hydrogen) atoms. The van der Waals surface area contributed by atoms with Crippen molar-refractivity contribution in [2.24, 2.45) is 17.3 Å². The van der Waals surface area contributed by atoms with E-state index in [1.165, 1.54) is 50.5 Å². The van der Waals surface area contributed by atoms with Gasteiger partial charge in [0.1, 0.15) is 0 Å². The lowest BCUT2D eigenvalue weighted by atomic mass is 9.69. The highest BCUT2D eigenvalue weighted by atomic mass is 16.3. The molecular weight excluding hydrogens is 372 g/mol. The van der Waals surface area contributed by atoms with Crippen LogP contribution in [-0.4, -0.2) is 33.1 Å². The Bertz CT molecular complexity index is 642. The zero-order valence-electron chi connectivity index (χ0n) is 19.4. The summed E-state index contributed by atoms with van der Waals surface area (Å²) in [6.07, 6.45) is 21.2. The molecule has 3 rings (SSSR count). The maximum Gasteiger partial charge on any atom is 0.0626 e. The Kier molecular flexibility index (Phi) is 8.03. The van der Waals surface area contributed by atoms with Gasteiger partial charge < -0.3 is 15.3 Å². The van der Waals surface area contributed by atoms with Crippen molar-refractivity contribution in [2.75, 3.05) is 0 Å². The van der Waals surface area contributed by atoms with E-state index in [1.54, 1.807) is 5.57 Å². The van der Waals surface area contributed by atoms with Gasteiger partial charge in [0, 0.05) is 0 Å². The maximum absolute atomic E-state index is 9.91. The predicted molar refractivity (Wildman–Crippen MR) is 124 cm³/mol. The molecule has 0 aliphatic heterocycles. The van der Waals surface area contributed by atoms with Gasteiger partial charge in [0.2, 0.25) is 0 Å². The Morgan fingerprint density at radius 3 is 2.47 bits per heavy atom. The minimum absolute atomic E-state index is 0.384. The van der Waals surface area contributed by atoms with Gasteiger partial charge in [-0.2, -0.15) is 0 Å². The number of aliphatic hydroxyl groups is 3. The number of hydrogen-bond donors (Lipinski definition) is 3. The molecule has 0 aromatic heterocycles. The first-order valence-corrected chi connectivity index (χ1v) is 12.3. The van der Waals surface area contributed by atoms with Gasteiger partial charge in [-0.25, -0.2) is 0 Å². The molecule has 1 unspecified atom stereocenters. The first-order valence-electron chi connectivity index (χ1n) is 12.3. The van der Waals surface area contributed by atoms with Crippen LogP contribution in [0.25, 0.3) is 0 Å². The topological polar surface area (TPSA) is 60.7 Å². The summed E-state index contributed by atoms with van der Waals surface area (Å²) in [5.41, 5.74) is 2.67. The zero-order valence-corrected chi connectivity index (χ0v) is 19.4. The highest BCUT2D eigenvalue weighted by Gasteiger charge is 2.42. The highest BCUT2D eigenvalue weighted by Crippen LogP contribution is 2.54. The summed E-state index contributed by atoms with van der Waals surface area (Å²) in [6, 6.07) is 0. The summed E-state index contributed by atoms with van der Waals surface area (Å²) in [5, 5.41) is 29.7. The molecule has 0 amide bonds. The van der Waals surface area contributed by atoms with E-state index >= 15 is 0 Å². The van der Waals surface area contributed by atoms with E-state index in [0.29, 0.717) is 30.6 Å². The first-order chi connectivity index (χ1) is 14.1. The van der Waals surface area contributed by atoms with Crippen molar-refractivity contribution in [3.05, 3.63) is 35.5 Å². The van der Waals surface area contributed by atoms with Crippen LogP contribution in [0, 0.1) is 17.3 Å². The monoisotopic (exact) mass is 416 g/mol. The molecule has 0 aromatic rings. The van der Waals surface area contributed by atoms with E-state index < -0.39 is 5.60 Å². The van der Waals surface area contributed by atoms with Crippen LogP contribution in [0.4, 0.5) is 0 Å².